The van der Waals surface area contributed by atoms with Crippen LogP contribution < -0.4 is 9.47 Å². The van der Waals surface area contributed by atoms with E-state index in [0.717, 1.165) is 30.4 Å². The van der Waals surface area contributed by atoms with Gasteiger partial charge in [-0.1, -0.05) is 56.0 Å². The van der Waals surface area contributed by atoms with Crippen molar-refractivity contribution >= 4 is 69.7 Å². The number of hydrogen-bond donors (Lipinski definition) is 0. The second-order valence-corrected chi connectivity index (χ2v) is 13.2. The first-order valence-corrected chi connectivity index (χ1v) is 19.8. The van der Waals surface area contributed by atoms with Crippen molar-refractivity contribution in [1.82, 2.24) is 0 Å². The molecular weight excluding hydrogens is 807 g/mol. The van der Waals surface area contributed by atoms with Crippen LogP contribution in [0.2, 0.25) is 0 Å². The van der Waals surface area contributed by atoms with Gasteiger partial charge in [0.1, 0.15) is 24.7 Å². The minimum Gasteiger partial charge on any atom is -0.461 e. The molecule has 0 saturated carbocycles. The minimum absolute atomic E-state index is 0.201. The molecule has 0 aromatic heterocycles. The summed E-state index contributed by atoms with van der Waals surface area (Å²) in [7, 11) is 0. The standard InChI is InChI=1S/C31H36O8.C7H10N2O2.C5H6Cl2O2/c1-3-22-36-28(32)20-14-24-10-16-26(17-11-24)38-30(34)8-6-5-7-9-31(35)39-27-18-12-25(13-19-27)15-21-29(33)37-23-4-2;10-6-8-4-2-1-3-5-9-7-11;6-4(8)2-1-3-5(7)9/h3-4,10-13,16-19H,1-2,5-9,14-15,20-23H2;1-5H2;1-3H2. The number of aliphatic imine (C=N–C) groups is 2. The summed E-state index contributed by atoms with van der Waals surface area (Å²) >= 11 is 9.94. The fourth-order valence-electron chi connectivity index (χ4n) is 4.49. The Kier molecular flexibility index (Phi) is 33.4. The van der Waals surface area contributed by atoms with Crippen molar-refractivity contribution in [3.8, 4) is 11.5 Å². The molecule has 0 fully saturated rings. The average molecular weight is 860 g/mol. The van der Waals surface area contributed by atoms with E-state index in [1.54, 1.807) is 24.3 Å². The van der Waals surface area contributed by atoms with Crippen molar-refractivity contribution in [3.05, 3.63) is 85.0 Å². The summed E-state index contributed by atoms with van der Waals surface area (Å²) in [6.45, 7) is 8.45. The molecule has 2 rings (SSSR count). The highest BCUT2D eigenvalue weighted by molar-refractivity contribution is 6.64. The minimum atomic E-state index is -0.423. The number of aryl methyl sites for hydroxylation is 2. The number of carbonyl (C=O) groups is 6. The van der Waals surface area contributed by atoms with Gasteiger partial charge in [0.15, 0.2) is 0 Å². The van der Waals surface area contributed by atoms with Crippen LogP contribution in [0.4, 0.5) is 0 Å². The van der Waals surface area contributed by atoms with Gasteiger partial charge in [-0.15, -0.1) is 0 Å². The van der Waals surface area contributed by atoms with Crippen LogP contribution in [0, 0.1) is 0 Å². The highest BCUT2D eigenvalue weighted by atomic mass is 35.5. The number of esters is 4. The van der Waals surface area contributed by atoms with Crippen LogP contribution in [0.25, 0.3) is 0 Å². The van der Waals surface area contributed by atoms with Gasteiger partial charge in [0.05, 0.1) is 13.1 Å². The number of rotatable bonds is 28. The maximum Gasteiger partial charge on any atom is 0.311 e. The van der Waals surface area contributed by atoms with Crippen molar-refractivity contribution < 1.29 is 57.3 Å². The maximum atomic E-state index is 12.1. The van der Waals surface area contributed by atoms with Crippen molar-refractivity contribution in [1.29, 1.82) is 0 Å². The lowest BCUT2D eigenvalue weighted by atomic mass is 10.1. The molecule has 0 heterocycles. The van der Waals surface area contributed by atoms with Gasteiger partial charge < -0.3 is 18.9 Å². The van der Waals surface area contributed by atoms with E-state index >= 15 is 0 Å². The van der Waals surface area contributed by atoms with Crippen LogP contribution in [0.1, 0.15) is 94.6 Å². The molecule has 16 heteroatoms. The Bertz CT molecular complexity index is 1560. The molecule has 59 heavy (non-hydrogen) atoms. The van der Waals surface area contributed by atoms with Gasteiger partial charge in [0, 0.05) is 38.5 Å². The number of halogens is 2. The first-order chi connectivity index (χ1) is 28.4. The summed E-state index contributed by atoms with van der Waals surface area (Å²) in [6, 6.07) is 14.0. The molecule has 0 amide bonds. The first-order valence-electron chi connectivity index (χ1n) is 19.0. The third-order valence-electron chi connectivity index (χ3n) is 7.45. The quantitative estimate of drug-likeness (QED) is 0.0152. The Morgan fingerprint density at radius 1 is 0.508 bits per heavy atom. The highest BCUT2D eigenvalue weighted by Gasteiger charge is 2.09. The molecule has 0 atom stereocenters. The van der Waals surface area contributed by atoms with E-state index in [9.17, 15) is 38.4 Å². The van der Waals surface area contributed by atoms with Crippen molar-refractivity contribution in [2.45, 2.75) is 96.3 Å². The number of carbonyl (C=O) groups excluding carboxylic acids is 8. The van der Waals surface area contributed by atoms with Crippen LogP contribution in [0.15, 0.2) is 83.8 Å². The van der Waals surface area contributed by atoms with Gasteiger partial charge in [0.2, 0.25) is 22.6 Å². The molecule has 0 aliphatic carbocycles. The largest absolute Gasteiger partial charge is 0.461 e. The van der Waals surface area contributed by atoms with E-state index in [2.05, 4.69) is 23.1 Å². The Morgan fingerprint density at radius 3 is 1.22 bits per heavy atom. The second-order valence-electron chi connectivity index (χ2n) is 12.3. The second kappa shape index (κ2) is 36.8. The topological polar surface area (TPSA) is 198 Å². The van der Waals surface area contributed by atoms with Gasteiger partial charge in [-0.05, 0) is 110 Å². The summed E-state index contributed by atoms with van der Waals surface area (Å²) in [5.41, 5.74) is 1.88. The smallest absolute Gasteiger partial charge is 0.311 e. The van der Waals surface area contributed by atoms with Crippen LogP contribution >= 0.6 is 23.2 Å². The number of nitrogens with zero attached hydrogens (tertiary/aromatic N) is 2. The molecule has 0 aliphatic heterocycles. The number of isocyanates is 2. The van der Waals surface area contributed by atoms with Crippen LogP contribution in [-0.4, -0.2) is 72.8 Å². The first kappa shape index (κ1) is 53.5. The molecule has 320 valence electrons. The molecule has 2 aromatic rings. The fourth-order valence-corrected chi connectivity index (χ4v) is 4.75. The molecule has 0 N–H and O–H groups in total. The van der Waals surface area contributed by atoms with E-state index < -0.39 is 10.5 Å². The van der Waals surface area contributed by atoms with E-state index in [4.69, 9.17) is 42.1 Å². The zero-order valence-corrected chi connectivity index (χ0v) is 34.7. The SMILES string of the molecule is C=CCOC(=O)CCc1ccc(OC(=O)CCCCCC(=O)Oc2ccc(CCC(=O)OCC=C)cc2)cc1.O=C(Cl)CCCC(=O)Cl.O=C=NCCCCCN=C=O. The van der Waals surface area contributed by atoms with Crippen LogP contribution in [0.3, 0.4) is 0 Å². The van der Waals surface area contributed by atoms with Gasteiger partial charge in [0.25, 0.3) is 0 Å². The fraction of sp³-hybridized carbons (Fsp3) is 0.442. The van der Waals surface area contributed by atoms with Gasteiger partial charge in [-0.2, -0.15) is 0 Å². The molecule has 0 radical (unpaired) electrons. The molecule has 0 unspecified atom stereocenters. The number of ether oxygens (including phenoxy) is 4. The van der Waals surface area contributed by atoms with Gasteiger partial charge in [-0.25, -0.2) is 19.6 Å². The highest BCUT2D eigenvalue weighted by Crippen LogP contribution is 2.17. The zero-order valence-electron chi connectivity index (χ0n) is 33.2. The van der Waals surface area contributed by atoms with Crippen molar-refractivity contribution in [2.24, 2.45) is 9.98 Å². The van der Waals surface area contributed by atoms with Crippen LogP contribution in [-0.2, 0) is 60.7 Å². The van der Waals surface area contributed by atoms with E-state index in [0.29, 0.717) is 63.1 Å². The molecular formula is C43H52Cl2N2O12. The Balaban J connectivity index is 0.00000137. The molecule has 0 aliphatic rings. The average Bonchev–Trinajstić information content (AvgIpc) is 3.21. The Morgan fingerprint density at radius 2 is 0.881 bits per heavy atom. The lowest BCUT2D eigenvalue weighted by Gasteiger charge is -2.07. The third kappa shape index (κ3) is 34.3. The lowest BCUT2D eigenvalue weighted by molar-refractivity contribution is -0.143. The molecule has 0 spiro atoms. The summed E-state index contributed by atoms with van der Waals surface area (Å²) in [5, 5.41) is -0.846. The number of benzene rings is 2. The molecule has 2 aromatic carbocycles. The molecule has 14 nitrogen and oxygen atoms in total. The third-order valence-corrected chi connectivity index (χ3v) is 7.83. The van der Waals surface area contributed by atoms with Gasteiger partial charge >= 0.3 is 23.9 Å². The maximum absolute atomic E-state index is 12.1. The van der Waals surface area contributed by atoms with Crippen molar-refractivity contribution in [3.63, 3.8) is 0 Å². The van der Waals surface area contributed by atoms with Crippen LogP contribution in [0.5, 0.6) is 11.5 Å². The summed E-state index contributed by atoms with van der Waals surface area (Å²) in [4.78, 5) is 93.3. The predicted octanol–water partition coefficient (Wildman–Crippen LogP) is 7.99. The van der Waals surface area contributed by atoms with E-state index in [1.807, 2.05) is 24.3 Å². The number of hydrogen-bond acceptors (Lipinski definition) is 14. The Hall–Kier alpha value is -5.52. The van der Waals surface area contributed by atoms with E-state index in [1.165, 1.54) is 24.3 Å². The summed E-state index contributed by atoms with van der Waals surface area (Å²) < 4.78 is 20.6. The Labute approximate surface area is 355 Å². The van der Waals surface area contributed by atoms with Gasteiger partial charge in [-0.3, -0.25) is 28.8 Å². The summed E-state index contributed by atoms with van der Waals surface area (Å²) in [6.07, 6.45) is 13.5. The monoisotopic (exact) mass is 858 g/mol. The van der Waals surface area contributed by atoms with Crippen molar-refractivity contribution in [2.75, 3.05) is 26.3 Å². The zero-order chi connectivity index (χ0) is 43.9. The number of unbranched alkanes of at least 4 members (excludes halogenated alkanes) is 4. The molecule has 0 bridgehead atoms. The normalized spacial score (nSPS) is 9.66. The lowest BCUT2D eigenvalue weighted by Crippen LogP contribution is -2.09. The summed E-state index contributed by atoms with van der Waals surface area (Å²) in [5.74, 6) is -0.366. The van der Waals surface area contributed by atoms with E-state index in [-0.39, 0.29) is 75.6 Å². The molecule has 0 saturated heterocycles. The predicted molar refractivity (Wildman–Crippen MR) is 222 cm³/mol.